The maximum absolute atomic E-state index is 13.2. The fourth-order valence-corrected chi connectivity index (χ4v) is 2.44. The van der Waals surface area contributed by atoms with Crippen LogP contribution in [0, 0.1) is 11.6 Å². The van der Waals surface area contributed by atoms with Gasteiger partial charge in [-0.15, -0.1) is 0 Å². The lowest BCUT2D eigenvalue weighted by Crippen LogP contribution is -2.46. The largest absolute Gasteiger partial charge is 0.390 e. The van der Waals surface area contributed by atoms with E-state index in [1.807, 2.05) is 0 Å². The minimum absolute atomic E-state index is 0.0294. The minimum atomic E-state index is -4.39. The molecule has 1 aromatic rings. The van der Waals surface area contributed by atoms with Crippen molar-refractivity contribution in [3.05, 3.63) is 35.4 Å². The first-order chi connectivity index (χ1) is 9.35. The Balaban J connectivity index is 2.29. The van der Waals surface area contributed by atoms with E-state index < -0.39 is 30.3 Å². The Hall–Kier alpha value is -1.21. The highest BCUT2D eigenvalue weighted by Crippen LogP contribution is 2.34. The third-order valence-electron chi connectivity index (χ3n) is 3.29. The molecule has 1 heterocycles. The molecule has 1 aliphatic rings. The summed E-state index contributed by atoms with van der Waals surface area (Å²) in [5.41, 5.74) is 0.0294. The van der Waals surface area contributed by atoms with Crippen LogP contribution >= 0.6 is 0 Å². The molecule has 1 aromatic carbocycles. The third kappa shape index (κ3) is 4.14. The number of alkyl halides is 3. The summed E-state index contributed by atoms with van der Waals surface area (Å²) >= 11 is 0. The molecule has 7 heteroatoms. The first kappa shape index (κ1) is 15.2. The Morgan fingerprint density at radius 3 is 2.10 bits per heavy atom. The van der Waals surface area contributed by atoms with E-state index in [1.165, 1.54) is 0 Å². The fourth-order valence-electron chi connectivity index (χ4n) is 2.44. The van der Waals surface area contributed by atoms with Gasteiger partial charge >= 0.3 is 6.18 Å². The van der Waals surface area contributed by atoms with Crippen LogP contribution in [-0.4, -0.2) is 37.3 Å². The Kier molecular flexibility index (Phi) is 4.59. The van der Waals surface area contributed by atoms with Gasteiger partial charge < -0.3 is 5.32 Å². The normalized spacial score (nSPS) is 19.1. The van der Waals surface area contributed by atoms with E-state index in [2.05, 4.69) is 5.32 Å². The zero-order chi connectivity index (χ0) is 14.8. The molecule has 0 aromatic heterocycles. The van der Waals surface area contributed by atoms with Gasteiger partial charge in [-0.05, 0) is 17.7 Å². The van der Waals surface area contributed by atoms with Crippen LogP contribution in [0.2, 0.25) is 0 Å². The summed E-state index contributed by atoms with van der Waals surface area (Å²) < 4.78 is 64.6. The van der Waals surface area contributed by atoms with E-state index in [9.17, 15) is 22.0 Å². The molecule has 20 heavy (non-hydrogen) atoms. The number of nitrogens with zero attached hydrogens (tertiary/aromatic N) is 1. The zero-order valence-electron chi connectivity index (χ0n) is 10.7. The van der Waals surface area contributed by atoms with E-state index in [0.29, 0.717) is 32.2 Å². The molecule has 2 nitrogen and oxygen atoms in total. The Morgan fingerprint density at radius 1 is 1.05 bits per heavy atom. The topological polar surface area (TPSA) is 15.3 Å². The van der Waals surface area contributed by atoms with Crippen LogP contribution in [-0.2, 0) is 0 Å². The predicted octanol–water partition coefficient (Wildman–Crippen LogP) is 2.86. The fraction of sp³-hybridized carbons (Fsp3) is 0.538. The van der Waals surface area contributed by atoms with Crippen LogP contribution in [0.4, 0.5) is 22.0 Å². The molecule has 0 radical (unpaired) electrons. The van der Waals surface area contributed by atoms with E-state index in [-0.39, 0.29) is 5.56 Å². The maximum Gasteiger partial charge on any atom is 0.390 e. The zero-order valence-corrected chi connectivity index (χ0v) is 10.7. The van der Waals surface area contributed by atoms with E-state index in [4.69, 9.17) is 0 Å². The van der Waals surface area contributed by atoms with Gasteiger partial charge in [0.25, 0.3) is 0 Å². The van der Waals surface area contributed by atoms with Crippen molar-refractivity contribution >= 4 is 0 Å². The van der Waals surface area contributed by atoms with E-state index in [0.717, 1.165) is 12.1 Å². The van der Waals surface area contributed by atoms with Gasteiger partial charge in [0.05, 0.1) is 6.42 Å². The molecule has 0 saturated carbocycles. The van der Waals surface area contributed by atoms with Crippen LogP contribution < -0.4 is 5.32 Å². The van der Waals surface area contributed by atoms with Crippen LogP contribution in [0.5, 0.6) is 0 Å². The molecule has 1 N–H and O–H groups in total. The summed E-state index contributed by atoms with van der Waals surface area (Å²) in [5.74, 6) is -1.72. The summed E-state index contributed by atoms with van der Waals surface area (Å²) in [7, 11) is 0. The van der Waals surface area contributed by atoms with Crippen molar-refractivity contribution in [2.75, 3.05) is 26.2 Å². The van der Waals surface area contributed by atoms with Crippen molar-refractivity contribution in [1.82, 2.24) is 10.2 Å². The minimum Gasteiger partial charge on any atom is -0.314 e. The summed E-state index contributed by atoms with van der Waals surface area (Å²) in [6, 6.07) is 1.55. The number of halogens is 5. The summed E-state index contributed by atoms with van der Waals surface area (Å²) in [6.45, 7) is 1.95. The lowest BCUT2D eigenvalue weighted by atomic mass is 10.0. The maximum atomic E-state index is 13.2. The average molecular weight is 294 g/mol. The molecular formula is C13H15F5N2. The molecule has 2 rings (SSSR count). The highest BCUT2D eigenvalue weighted by atomic mass is 19.4. The van der Waals surface area contributed by atoms with Crippen molar-refractivity contribution in [2.24, 2.45) is 0 Å². The molecule has 112 valence electrons. The second-order valence-electron chi connectivity index (χ2n) is 4.82. The lowest BCUT2D eigenvalue weighted by molar-refractivity contribution is -0.148. The van der Waals surface area contributed by atoms with Crippen LogP contribution in [0.15, 0.2) is 18.2 Å². The highest BCUT2D eigenvalue weighted by Gasteiger charge is 2.36. The quantitative estimate of drug-likeness (QED) is 0.862. The van der Waals surface area contributed by atoms with Crippen LogP contribution in [0.1, 0.15) is 18.0 Å². The number of benzene rings is 1. The molecule has 1 aliphatic heterocycles. The Labute approximate surface area is 113 Å². The Morgan fingerprint density at radius 2 is 1.60 bits per heavy atom. The molecule has 1 fully saturated rings. The van der Waals surface area contributed by atoms with Crippen molar-refractivity contribution in [3.8, 4) is 0 Å². The van der Waals surface area contributed by atoms with Crippen molar-refractivity contribution in [3.63, 3.8) is 0 Å². The van der Waals surface area contributed by atoms with Crippen LogP contribution in [0.3, 0.4) is 0 Å². The smallest absolute Gasteiger partial charge is 0.314 e. The average Bonchev–Trinajstić information content (AvgIpc) is 2.35. The number of piperazine rings is 1. The highest BCUT2D eigenvalue weighted by molar-refractivity contribution is 5.22. The number of hydrogen-bond acceptors (Lipinski definition) is 2. The van der Waals surface area contributed by atoms with Gasteiger partial charge in [-0.3, -0.25) is 4.90 Å². The number of rotatable bonds is 3. The van der Waals surface area contributed by atoms with Crippen molar-refractivity contribution in [1.29, 1.82) is 0 Å². The van der Waals surface area contributed by atoms with Gasteiger partial charge in [-0.25, -0.2) is 8.78 Å². The SMILES string of the molecule is Fc1cc(F)cc([C@@H](CC(F)(F)F)N2CCNCC2)c1. The molecule has 0 unspecified atom stereocenters. The van der Waals surface area contributed by atoms with E-state index >= 15 is 0 Å². The third-order valence-corrected chi connectivity index (χ3v) is 3.29. The first-order valence-electron chi connectivity index (χ1n) is 6.33. The summed E-state index contributed by atoms with van der Waals surface area (Å²) in [4.78, 5) is 1.61. The molecule has 0 aliphatic carbocycles. The van der Waals surface area contributed by atoms with Crippen molar-refractivity contribution in [2.45, 2.75) is 18.6 Å². The van der Waals surface area contributed by atoms with Crippen molar-refractivity contribution < 1.29 is 22.0 Å². The molecule has 0 amide bonds. The summed E-state index contributed by atoms with van der Waals surface area (Å²) in [5, 5.41) is 3.04. The first-order valence-corrected chi connectivity index (χ1v) is 6.33. The standard InChI is InChI=1S/C13H15F5N2/c14-10-5-9(6-11(15)7-10)12(8-13(16,17)18)20-3-1-19-2-4-20/h5-7,12,19H,1-4,8H2/t12-/m1/s1. The second-order valence-corrected chi connectivity index (χ2v) is 4.82. The molecule has 0 spiro atoms. The molecule has 1 atom stereocenters. The van der Waals surface area contributed by atoms with Gasteiger partial charge in [-0.1, -0.05) is 0 Å². The molecule has 0 bridgehead atoms. The van der Waals surface area contributed by atoms with Gasteiger partial charge in [0.15, 0.2) is 0 Å². The van der Waals surface area contributed by atoms with Gasteiger partial charge in [0.1, 0.15) is 11.6 Å². The molecule has 1 saturated heterocycles. The second kappa shape index (κ2) is 6.05. The number of hydrogen-bond donors (Lipinski definition) is 1. The van der Waals surface area contributed by atoms with Gasteiger partial charge in [-0.2, -0.15) is 13.2 Å². The lowest BCUT2D eigenvalue weighted by Gasteiger charge is -2.35. The van der Waals surface area contributed by atoms with Gasteiger partial charge in [0, 0.05) is 38.3 Å². The van der Waals surface area contributed by atoms with Crippen LogP contribution in [0.25, 0.3) is 0 Å². The predicted molar refractivity (Wildman–Crippen MR) is 64.2 cm³/mol. The molecular weight excluding hydrogens is 279 g/mol. The Bertz CT molecular complexity index is 434. The van der Waals surface area contributed by atoms with E-state index in [1.54, 1.807) is 4.90 Å². The summed E-state index contributed by atoms with van der Waals surface area (Å²) in [6.07, 6.45) is -5.51. The number of nitrogens with one attached hydrogen (secondary N) is 1. The van der Waals surface area contributed by atoms with Gasteiger partial charge in [0.2, 0.25) is 0 Å². The monoisotopic (exact) mass is 294 g/mol.